The van der Waals surface area contributed by atoms with Gasteiger partial charge in [0.25, 0.3) is 0 Å². The van der Waals surface area contributed by atoms with Gasteiger partial charge in [-0.05, 0) is 38.9 Å². The fourth-order valence-electron chi connectivity index (χ4n) is 3.72. The highest BCUT2D eigenvalue weighted by molar-refractivity contribution is 7.89. The number of carbonyl (C=O) groups is 1. The lowest BCUT2D eigenvalue weighted by molar-refractivity contribution is -0.134. The molecule has 0 aromatic heterocycles. The Kier molecular flexibility index (Phi) is 6.52. The van der Waals surface area contributed by atoms with Gasteiger partial charge in [-0.2, -0.15) is 4.31 Å². The number of piperazine rings is 1. The first-order valence-corrected chi connectivity index (χ1v) is 11.1. The molecule has 0 bridgehead atoms. The Bertz CT molecular complexity index is 743. The minimum absolute atomic E-state index is 0.143. The fraction of sp³-hybridized carbons (Fsp3) is 0.632. The molecule has 2 saturated heterocycles. The fourth-order valence-corrected chi connectivity index (χ4v) is 5.14. The third kappa shape index (κ3) is 4.87. The number of carbonyl (C=O) groups excluding carboxylic acids is 1. The molecule has 1 aromatic rings. The summed E-state index contributed by atoms with van der Waals surface area (Å²) in [6.07, 6.45) is 2.13. The van der Waals surface area contributed by atoms with E-state index in [0.717, 1.165) is 31.5 Å². The number of aryl methyl sites for hydroxylation is 1. The summed E-state index contributed by atoms with van der Waals surface area (Å²) in [4.78, 5) is 16.9. The average Bonchev–Trinajstić information content (AvgIpc) is 2.69. The highest BCUT2D eigenvalue weighted by Crippen LogP contribution is 2.18. The lowest BCUT2D eigenvalue weighted by Crippen LogP contribution is -2.53. The van der Waals surface area contributed by atoms with Crippen molar-refractivity contribution in [1.82, 2.24) is 19.4 Å². The van der Waals surface area contributed by atoms with E-state index in [9.17, 15) is 13.2 Å². The number of nitrogens with zero attached hydrogens (tertiary/aromatic N) is 3. The molecule has 150 valence electrons. The summed E-state index contributed by atoms with van der Waals surface area (Å²) >= 11 is 0. The predicted molar refractivity (Wildman–Crippen MR) is 105 cm³/mol. The highest BCUT2D eigenvalue weighted by atomic mass is 32.2. The maximum Gasteiger partial charge on any atom is 0.243 e. The van der Waals surface area contributed by atoms with Gasteiger partial charge in [0.05, 0.1) is 11.4 Å². The summed E-state index contributed by atoms with van der Waals surface area (Å²) < 4.78 is 27.1. The zero-order valence-electron chi connectivity index (χ0n) is 16.2. The van der Waals surface area contributed by atoms with E-state index < -0.39 is 10.0 Å². The van der Waals surface area contributed by atoms with Crippen LogP contribution in [-0.4, -0.2) is 87.3 Å². The number of amides is 1. The van der Waals surface area contributed by atoms with E-state index in [0.29, 0.717) is 43.7 Å². The maximum atomic E-state index is 12.8. The van der Waals surface area contributed by atoms with Gasteiger partial charge in [-0.1, -0.05) is 17.7 Å². The Balaban J connectivity index is 1.52. The second-order valence-corrected chi connectivity index (χ2v) is 9.40. The van der Waals surface area contributed by atoms with Gasteiger partial charge in [0.1, 0.15) is 0 Å². The molecule has 0 spiro atoms. The van der Waals surface area contributed by atoms with Gasteiger partial charge in [-0.25, -0.2) is 8.42 Å². The van der Waals surface area contributed by atoms with Gasteiger partial charge in [-0.3, -0.25) is 9.69 Å². The summed E-state index contributed by atoms with van der Waals surface area (Å²) in [6, 6.07) is 7.33. The Hall–Kier alpha value is -1.48. The largest absolute Gasteiger partial charge is 0.340 e. The van der Waals surface area contributed by atoms with Crippen LogP contribution in [0, 0.1) is 6.92 Å². The molecule has 1 unspecified atom stereocenters. The molecule has 7 nitrogen and oxygen atoms in total. The first-order chi connectivity index (χ1) is 12.9. The number of rotatable bonds is 5. The van der Waals surface area contributed by atoms with Gasteiger partial charge >= 0.3 is 0 Å². The average molecular weight is 395 g/mol. The summed E-state index contributed by atoms with van der Waals surface area (Å²) in [5, 5.41) is 3.25. The van der Waals surface area contributed by atoms with Crippen molar-refractivity contribution in [2.45, 2.75) is 30.7 Å². The second kappa shape index (κ2) is 8.68. The first-order valence-electron chi connectivity index (χ1n) is 9.64. The van der Waals surface area contributed by atoms with Gasteiger partial charge in [0, 0.05) is 45.3 Å². The molecule has 3 rings (SSSR count). The van der Waals surface area contributed by atoms with E-state index in [2.05, 4.69) is 10.2 Å². The number of hydrogen-bond acceptors (Lipinski definition) is 5. The van der Waals surface area contributed by atoms with Crippen LogP contribution in [0.2, 0.25) is 0 Å². The van der Waals surface area contributed by atoms with E-state index in [-0.39, 0.29) is 5.91 Å². The molecule has 0 saturated carbocycles. The molecule has 1 atom stereocenters. The van der Waals surface area contributed by atoms with E-state index in [1.54, 1.807) is 12.1 Å². The molecule has 27 heavy (non-hydrogen) atoms. The molecular formula is C19H30N4O3S. The molecule has 1 N–H and O–H groups in total. The van der Waals surface area contributed by atoms with Gasteiger partial charge in [0.15, 0.2) is 0 Å². The number of hydrogen-bond donors (Lipinski definition) is 1. The third-order valence-corrected chi connectivity index (χ3v) is 7.44. The molecule has 2 aliphatic rings. The van der Waals surface area contributed by atoms with Crippen LogP contribution in [0.4, 0.5) is 0 Å². The smallest absolute Gasteiger partial charge is 0.243 e. The van der Waals surface area contributed by atoms with Crippen molar-refractivity contribution in [3.63, 3.8) is 0 Å². The number of benzene rings is 1. The van der Waals surface area contributed by atoms with Crippen LogP contribution < -0.4 is 5.32 Å². The topological polar surface area (TPSA) is 73.0 Å². The van der Waals surface area contributed by atoms with Crippen molar-refractivity contribution in [2.24, 2.45) is 0 Å². The van der Waals surface area contributed by atoms with Crippen molar-refractivity contribution in [1.29, 1.82) is 0 Å². The molecule has 1 aromatic carbocycles. The van der Waals surface area contributed by atoms with Gasteiger partial charge < -0.3 is 10.2 Å². The lowest BCUT2D eigenvalue weighted by Gasteiger charge is -2.37. The molecule has 2 heterocycles. The van der Waals surface area contributed by atoms with Crippen molar-refractivity contribution in [3.05, 3.63) is 29.8 Å². The van der Waals surface area contributed by atoms with E-state index >= 15 is 0 Å². The molecule has 2 fully saturated rings. The van der Waals surface area contributed by atoms with Crippen LogP contribution in [0.3, 0.4) is 0 Å². The van der Waals surface area contributed by atoms with E-state index in [4.69, 9.17) is 0 Å². The maximum absolute atomic E-state index is 12.8. The minimum Gasteiger partial charge on any atom is -0.340 e. The Morgan fingerprint density at radius 1 is 1.11 bits per heavy atom. The SMILES string of the molecule is CNC1CCCN(C(=O)CN2CCN(S(=O)(=O)c3ccc(C)cc3)CC2)C1. The van der Waals surface area contributed by atoms with Crippen molar-refractivity contribution in [2.75, 3.05) is 52.9 Å². The highest BCUT2D eigenvalue weighted by Gasteiger charge is 2.30. The molecule has 0 aliphatic carbocycles. The van der Waals surface area contributed by atoms with Crippen LogP contribution >= 0.6 is 0 Å². The zero-order chi connectivity index (χ0) is 19.4. The normalized spacial score (nSPS) is 22.7. The molecular weight excluding hydrogens is 364 g/mol. The summed E-state index contributed by atoms with van der Waals surface area (Å²) in [6.45, 7) is 5.89. The molecule has 1 amide bonds. The first kappa shape index (κ1) is 20.3. The quantitative estimate of drug-likeness (QED) is 0.788. The zero-order valence-corrected chi connectivity index (χ0v) is 17.0. The van der Waals surface area contributed by atoms with Crippen LogP contribution in [0.5, 0.6) is 0 Å². The second-order valence-electron chi connectivity index (χ2n) is 7.46. The predicted octanol–water partition coefficient (Wildman–Crippen LogP) is 0.512. The lowest BCUT2D eigenvalue weighted by atomic mass is 10.1. The summed E-state index contributed by atoms with van der Waals surface area (Å²) in [5.74, 6) is 0.143. The monoisotopic (exact) mass is 394 g/mol. The van der Waals surface area contributed by atoms with Crippen molar-refractivity contribution in [3.8, 4) is 0 Å². The molecule has 0 radical (unpaired) electrons. The molecule has 2 aliphatic heterocycles. The van der Waals surface area contributed by atoms with Crippen LogP contribution in [0.15, 0.2) is 29.2 Å². The third-order valence-electron chi connectivity index (χ3n) is 5.53. The van der Waals surface area contributed by atoms with E-state index in [1.807, 2.05) is 31.0 Å². The van der Waals surface area contributed by atoms with Crippen LogP contribution in [0.25, 0.3) is 0 Å². The van der Waals surface area contributed by atoms with Crippen LogP contribution in [0.1, 0.15) is 18.4 Å². The summed E-state index contributed by atoms with van der Waals surface area (Å²) in [5.41, 5.74) is 1.04. The standard InChI is InChI=1S/C19H30N4O3S/c1-16-5-7-18(8-6-16)27(25,26)23-12-10-21(11-13-23)15-19(24)22-9-3-4-17(14-22)20-2/h5-8,17,20H,3-4,9-15H2,1-2H3. The number of sulfonamides is 1. The Labute approximate surface area is 162 Å². The number of likely N-dealkylation sites (N-methyl/N-ethyl adjacent to an activating group) is 1. The number of nitrogens with one attached hydrogen (secondary N) is 1. The number of piperidine rings is 1. The number of likely N-dealkylation sites (tertiary alicyclic amines) is 1. The van der Waals surface area contributed by atoms with Crippen LogP contribution in [-0.2, 0) is 14.8 Å². The van der Waals surface area contributed by atoms with Crippen molar-refractivity contribution >= 4 is 15.9 Å². The van der Waals surface area contributed by atoms with Gasteiger partial charge in [-0.15, -0.1) is 0 Å². The van der Waals surface area contributed by atoms with Gasteiger partial charge in [0.2, 0.25) is 15.9 Å². The molecule has 8 heteroatoms. The Morgan fingerprint density at radius 3 is 2.41 bits per heavy atom. The van der Waals surface area contributed by atoms with Crippen molar-refractivity contribution < 1.29 is 13.2 Å². The van der Waals surface area contributed by atoms with E-state index in [1.165, 1.54) is 4.31 Å². The summed E-state index contributed by atoms with van der Waals surface area (Å²) in [7, 11) is -1.52. The Morgan fingerprint density at radius 2 is 1.78 bits per heavy atom. The minimum atomic E-state index is -3.46.